The first-order valence-corrected chi connectivity index (χ1v) is 6.19. The van der Waals surface area contributed by atoms with E-state index in [0.717, 1.165) is 6.42 Å². The Morgan fingerprint density at radius 1 is 1.32 bits per heavy atom. The number of anilines is 1. The normalized spacial score (nSPS) is 14.3. The van der Waals surface area contributed by atoms with Crippen molar-refractivity contribution in [3.8, 4) is 0 Å². The number of carboxylic acid groups (broad SMARTS) is 1. The third-order valence-electron chi connectivity index (χ3n) is 2.80. The Labute approximate surface area is 115 Å². The molecule has 0 spiro atoms. The van der Waals surface area contributed by atoms with Crippen molar-refractivity contribution in [1.82, 2.24) is 4.90 Å². The molecule has 2 amide bonds. The van der Waals surface area contributed by atoms with Crippen molar-refractivity contribution < 1.29 is 14.7 Å². The number of carboxylic acids is 1. The summed E-state index contributed by atoms with van der Waals surface area (Å²) in [5, 5.41) is 11.7. The molecule has 0 unspecified atom stereocenters. The number of rotatable bonds is 2. The van der Waals surface area contributed by atoms with Gasteiger partial charge >= 0.3 is 12.0 Å². The van der Waals surface area contributed by atoms with Crippen LogP contribution >= 0.6 is 11.6 Å². The number of urea groups is 1. The molecule has 6 heteroatoms. The molecule has 100 valence electrons. The Morgan fingerprint density at radius 3 is 2.68 bits per heavy atom. The molecule has 0 saturated heterocycles. The fourth-order valence-electron chi connectivity index (χ4n) is 1.77. The van der Waals surface area contributed by atoms with Gasteiger partial charge in [-0.3, -0.25) is 0 Å². The number of hydrogen-bond acceptors (Lipinski definition) is 2. The zero-order valence-electron chi connectivity index (χ0n) is 10.1. The molecule has 1 aromatic rings. The Bertz CT molecular complexity index is 543. The van der Waals surface area contributed by atoms with E-state index < -0.39 is 5.97 Å². The van der Waals surface area contributed by atoms with Crippen LogP contribution in [0.3, 0.4) is 0 Å². The SMILES string of the molecule is O=C(O)c1ccc(NC(=O)N2CC=CCC2)c(Cl)c1. The van der Waals surface area contributed by atoms with Crippen LogP contribution in [0.5, 0.6) is 0 Å². The van der Waals surface area contributed by atoms with E-state index in [-0.39, 0.29) is 16.6 Å². The first-order valence-electron chi connectivity index (χ1n) is 5.81. The van der Waals surface area contributed by atoms with Gasteiger partial charge in [0.05, 0.1) is 16.3 Å². The second-order valence-corrected chi connectivity index (χ2v) is 4.54. The summed E-state index contributed by atoms with van der Waals surface area (Å²) in [6, 6.07) is 3.97. The van der Waals surface area contributed by atoms with Crippen LogP contribution in [0.2, 0.25) is 5.02 Å². The van der Waals surface area contributed by atoms with Gasteiger partial charge in [-0.1, -0.05) is 23.8 Å². The largest absolute Gasteiger partial charge is 0.478 e. The van der Waals surface area contributed by atoms with Crippen LogP contribution in [-0.2, 0) is 0 Å². The number of aromatic carboxylic acids is 1. The fourth-order valence-corrected chi connectivity index (χ4v) is 2.00. The monoisotopic (exact) mass is 280 g/mol. The molecule has 0 aromatic heterocycles. The van der Waals surface area contributed by atoms with Gasteiger partial charge < -0.3 is 15.3 Å². The van der Waals surface area contributed by atoms with Crippen molar-refractivity contribution in [2.24, 2.45) is 0 Å². The Kier molecular flexibility index (Phi) is 4.06. The number of hydrogen-bond donors (Lipinski definition) is 2. The third kappa shape index (κ3) is 3.26. The number of carbonyl (C=O) groups excluding carboxylic acids is 1. The zero-order valence-corrected chi connectivity index (χ0v) is 10.9. The van der Waals surface area contributed by atoms with E-state index in [2.05, 4.69) is 5.32 Å². The van der Waals surface area contributed by atoms with Gasteiger partial charge in [0.2, 0.25) is 0 Å². The predicted octanol–water partition coefficient (Wildman–Crippen LogP) is 2.83. The molecular formula is C13H13ClN2O3. The van der Waals surface area contributed by atoms with Gasteiger partial charge in [0.25, 0.3) is 0 Å². The second-order valence-electron chi connectivity index (χ2n) is 4.14. The van der Waals surface area contributed by atoms with E-state index in [1.165, 1.54) is 18.2 Å². The molecule has 0 atom stereocenters. The molecule has 19 heavy (non-hydrogen) atoms. The van der Waals surface area contributed by atoms with Gasteiger partial charge in [-0.2, -0.15) is 0 Å². The highest BCUT2D eigenvalue weighted by atomic mass is 35.5. The number of nitrogens with zero attached hydrogens (tertiary/aromatic N) is 1. The summed E-state index contributed by atoms with van der Waals surface area (Å²) in [5.74, 6) is -1.05. The van der Waals surface area contributed by atoms with Gasteiger partial charge in [-0.15, -0.1) is 0 Å². The van der Waals surface area contributed by atoms with Gasteiger partial charge in [0.1, 0.15) is 0 Å². The lowest BCUT2D eigenvalue weighted by Gasteiger charge is -2.23. The Balaban J connectivity index is 2.08. The quantitative estimate of drug-likeness (QED) is 0.819. The molecule has 0 aliphatic carbocycles. The first-order chi connectivity index (χ1) is 9.08. The minimum absolute atomic E-state index is 0.0869. The summed E-state index contributed by atoms with van der Waals surface area (Å²) < 4.78 is 0. The summed E-state index contributed by atoms with van der Waals surface area (Å²) in [4.78, 5) is 24.4. The molecule has 2 N–H and O–H groups in total. The Morgan fingerprint density at radius 2 is 2.11 bits per heavy atom. The van der Waals surface area contributed by atoms with Crippen LogP contribution < -0.4 is 5.32 Å². The summed E-state index contributed by atoms with van der Waals surface area (Å²) in [6.07, 6.45) is 4.79. The second kappa shape index (κ2) is 5.75. The Hall–Kier alpha value is -2.01. The molecule has 0 bridgehead atoms. The molecule has 0 saturated carbocycles. The smallest absolute Gasteiger partial charge is 0.335 e. The van der Waals surface area contributed by atoms with E-state index in [0.29, 0.717) is 18.8 Å². The minimum atomic E-state index is -1.05. The van der Waals surface area contributed by atoms with Gasteiger partial charge in [0, 0.05) is 13.1 Å². The maximum atomic E-state index is 11.9. The van der Waals surface area contributed by atoms with E-state index in [4.69, 9.17) is 16.7 Å². The lowest BCUT2D eigenvalue weighted by molar-refractivity contribution is 0.0697. The number of amides is 2. The van der Waals surface area contributed by atoms with Crippen molar-refractivity contribution in [3.63, 3.8) is 0 Å². The van der Waals surface area contributed by atoms with Gasteiger partial charge in [-0.05, 0) is 24.6 Å². The molecule has 1 aliphatic heterocycles. The number of benzene rings is 1. The minimum Gasteiger partial charge on any atom is -0.478 e. The number of carbonyl (C=O) groups is 2. The molecule has 1 aromatic carbocycles. The fraction of sp³-hybridized carbons (Fsp3) is 0.231. The van der Waals surface area contributed by atoms with Crippen molar-refractivity contribution in [2.75, 3.05) is 18.4 Å². The van der Waals surface area contributed by atoms with Crippen LogP contribution in [0.1, 0.15) is 16.8 Å². The number of nitrogens with one attached hydrogen (secondary N) is 1. The van der Waals surface area contributed by atoms with Crippen LogP contribution in [0.4, 0.5) is 10.5 Å². The molecule has 1 heterocycles. The summed E-state index contributed by atoms with van der Waals surface area (Å²) in [5.41, 5.74) is 0.495. The lowest BCUT2D eigenvalue weighted by atomic mass is 10.2. The molecule has 5 nitrogen and oxygen atoms in total. The van der Waals surface area contributed by atoms with E-state index in [9.17, 15) is 9.59 Å². The number of halogens is 1. The van der Waals surface area contributed by atoms with Crippen LogP contribution in [-0.4, -0.2) is 35.1 Å². The topological polar surface area (TPSA) is 69.6 Å². The van der Waals surface area contributed by atoms with Crippen LogP contribution in [0, 0.1) is 0 Å². The van der Waals surface area contributed by atoms with Gasteiger partial charge in [-0.25, -0.2) is 9.59 Å². The lowest BCUT2D eigenvalue weighted by Crippen LogP contribution is -2.37. The summed E-state index contributed by atoms with van der Waals surface area (Å²) in [7, 11) is 0. The van der Waals surface area contributed by atoms with E-state index >= 15 is 0 Å². The predicted molar refractivity (Wildman–Crippen MR) is 72.8 cm³/mol. The molecular weight excluding hydrogens is 268 g/mol. The summed E-state index contributed by atoms with van der Waals surface area (Å²) in [6.45, 7) is 1.23. The first kappa shape index (κ1) is 13.4. The van der Waals surface area contributed by atoms with Gasteiger partial charge in [0.15, 0.2) is 0 Å². The van der Waals surface area contributed by atoms with Crippen LogP contribution in [0.15, 0.2) is 30.4 Å². The molecule has 1 aliphatic rings. The molecule has 0 fully saturated rings. The highest BCUT2D eigenvalue weighted by Crippen LogP contribution is 2.23. The maximum absolute atomic E-state index is 11.9. The third-order valence-corrected chi connectivity index (χ3v) is 3.12. The highest BCUT2D eigenvalue weighted by molar-refractivity contribution is 6.34. The van der Waals surface area contributed by atoms with Crippen molar-refractivity contribution in [1.29, 1.82) is 0 Å². The highest BCUT2D eigenvalue weighted by Gasteiger charge is 2.15. The summed E-state index contributed by atoms with van der Waals surface area (Å²) >= 11 is 5.95. The van der Waals surface area contributed by atoms with Crippen molar-refractivity contribution in [2.45, 2.75) is 6.42 Å². The van der Waals surface area contributed by atoms with E-state index in [1.54, 1.807) is 4.90 Å². The van der Waals surface area contributed by atoms with Crippen LogP contribution in [0.25, 0.3) is 0 Å². The average molecular weight is 281 g/mol. The van der Waals surface area contributed by atoms with Crippen molar-refractivity contribution >= 4 is 29.3 Å². The maximum Gasteiger partial charge on any atom is 0.335 e. The molecule has 2 rings (SSSR count). The molecule has 0 radical (unpaired) electrons. The zero-order chi connectivity index (χ0) is 13.8. The standard InChI is InChI=1S/C13H13ClN2O3/c14-10-8-9(12(17)18)4-5-11(10)15-13(19)16-6-2-1-3-7-16/h1-2,4-5,8H,3,6-7H2,(H,15,19)(H,17,18). The van der Waals surface area contributed by atoms with Crippen molar-refractivity contribution in [3.05, 3.63) is 40.9 Å². The van der Waals surface area contributed by atoms with E-state index in [1.807, 2.05) is 12.2 Å². The average Bonchev–Trinajstić information content (AvgIpc) is 2.41.